The van der Waals surface area contributed by atoms with Gasteiger partial charge in [0.2, 0.25) is 0 Å². The van der Waals surface area contributed by atoms with Crippen molar-refractivity contribution in [2.75, 3.05) is 0 Å². The lowest BCUT2D eigenvalue weighted by atomic mass is 10.2. The van der Waals surface area contributed by atoms with Gasteiger partial charge >= 0.3 is 0 Å². The monoisotopic (exact) mass is 268 g/mol. The fourth-order valence-corrected chi connectivity index (χ4v) is 1.68. The summed E-state index contributed by atoms with van der Waals surface area (Å²) in [5.74, 6) is 1.15. The molecule has 0 aromatic heterocycles. The van der Waals surface area contributed by atoms with Crippen molar-refractivity contribution in [3.63, 3.8) is 0 Å². The Kier molecular flexibility index (Phi) is 3.89. The summed E-state index contributed by atoms with van der Waals surface area (Å²) in [7, 11) is 0. The van der Waals surface area contributed by atoms with E-state index >= 15 is 0 Å². The molecule has 1 N–H and O–H groups in total. The average molecular weight is 269 g/mol. The third-order valence-corrected chi connectivity index (χ3v) is 3.05. The van der Waals surface area contributed by atoms with E-state index < -0.39 is 0 Å². The molecule has 0 spiro atoms. The summed E-state index contributed by atoms with van der Waals surface area (Å²) in [6.07, 6.45) is 0. The minimum atomic E-state index is 0.0121. The Labute approximate surface area is 109 Å². The van der Waals surface area contributed by atoms with Crippen molar-refractivity contribution in [3.8, 4) is 11.5 Å². The van der Waals surface area contributed by atoms with Crippen LogP contribution in [-0.4, -0.2) is 5.11 Å². The third kappa shape index (κ3) is 2.91. The molecule has 0 saturated heterocycles. The number of hydrogen-bond donors (Lipinski definition) is 1. The molecule has 2 rings (SSSR count). The van der Waals surface area contributed by atoms with Gasteiger partial charge in [0.1, 0.15) is 16.5 Å². The summed E-state index contributed by atoms with van der Waals surface area (Å²) in [5.41, 5.74) is 0.828. The fraction of sp³-hybridized carbons (Fsp3) is 0.0769. The number of halogens is 2. The molecule has 0 aliphatic carbocycles. The third-order valence-electron chi connectivity index (χ3n) is 2.25. The number of ether oxygens (including phenoxy) is 1. The zero-order valence-electron chi connectivity index (χ0n) is 8.86. The van der Waals surface area contributed by atoms with E-state index in [1.807, 2.05) is 0 Å². The molecule has 0 amide bonds. The van der Waals surface area contributed by atoms with Crippen molar-refractivity contribution >= 4 is 23.2 Å². The highest BCUT2D eigenvalue weighted by Crippen LogP contribution is 2.34. The molecule has 0 radical (unpaired) electrons. The largest absolute Gasteiger partial charge is 0.456 e. The molecule has 2 nitrogen and oxygen atoms in total. The molecule has 0 aliphatic heterocycles. The van der Waals surface area contributed by atoms with Crippen molar-refractivity contribution in [2.45, 2.75) is 6.61 Å². The summed E-state index contributed by atoms with van der Waals surface area (Å²) in [6, 6.07) is 12.3. The van der Waals surface area contributed by atoms with Gasteiger partial charge < -0.3 is 9.84 Å². The highest BCUT2D eigenvalue weighted by Gasteiger charge is 2.06. The van der Waals surface area contributed by atoms with E-state index in [-0.39, 0.29) is 6.61 Å². The summed E-state index contributed by atoms with van der Waals surface area (Å²) >= 11 is 11.9. The van der Waals surface area contributed by atoms with E-state index in [9.17, 15) is 0 Å². The maximum absolute atomic E-state index is 8.92. The molecule has 0 unspecified atom stereocenters. The van der Waals surface area contributed by atoms with Crippen LogP contribution in [0.2, 0.25) is 10.0 Å². The number of rotatable bonds is 3. The molecule has 0 atom stereocenters. The first-order valence-corrected chi connectivity index (χ1v) is 5.78. The molecule has 2 aromatic carbocycles. The van der Waals surface area contributed by atoms with Crippen molar-refractivity contribution in [1.82, 2.24) is 0 Å². The zero-order chi connectivity index (χ0) is 12.3. The van der Waals surface area contributed by atoms with Gasteiger partial charge in [0.05, 0.1) is 11.6 Å². The number of aliphatic hydroxyl groups is 1. The number of aliphatic hydroxyl groups excluding tert-OH is 1. The van der Waals surface area contributed by atoms with E-state index in [0.29, 0.717) is 21.5 Å². The molecular formula is C13H10Cl2O2. The van der Waals surface area contributed by atoms with Crippen LogP contribution in [0.3, 0.4) is 0 Å². The molecular weight excluding hydrogens is 259 g/mol. The highest BCUT2D eigenvalue weighted by molar-refractivity contribution is 6.42. The molecule has 4 heteroatoms. The molecule has 0 bridgehead atoms. The van der Waals surface area contributed by atoms with E-state index in [1.165, 1.54) is 0 Å². The molecule has 0 heterocycles. The lowest BCUT2D eigenvalue weighted by Gasteiger charge is -2.08. The van der Waals surface area contributed by atoms with Crippen molar-refractivity contribution in [3.05, 3.63) is 58.1 Å². The first-order chi connectivity index (χ1) is 8.20. The van der Waals surface area contributed by atoms with Crippen LogP contribution in [0.15, 0.2) is 42.5 Å². The van der Waals surface area contributed by atoms with E-state index in [2.05, 4.69) is 0 Å². The maximum Gasteiger partial charge on any atom is 0.147 e. The molecule has 0 fully saturated rings. The van der Waals surface area contributed by atoms with Crippen LogP contribution in [0.25, 0.3) is 0 Å². The minimum Gasteiger partial charge on any atom is -0.456 e. The smallest absolute Gasteiger partial charge is 0.147 e. The maximum atomic E-state index is 8.92. The second-order valence-corrected chi connectivity index (χ2v) is 4.24. The quantitative estimate of drug-likeness (QED) is 0.901. The number of hydrogen-bond acceptors (Lipinski definition) is 2. The van der Waals surface area contributed by atoms with Gasteiger partial charge in [-0.15, -0.1) is 0 Å². The van der Waals surface area contributed by atoms with E-state index in [0.717, 1.165) is 5.56 Å². The van der Waals surface area contributed by atoms with Gasteiger partial charge in [-0.05, 0) is 29.8 Å². The normalized spacial score (nSPS) is 10.3. The van der Waals surface area contributed by atoms with Gasteiger partial charge in [0, 0.05) is 0 Å². The van der Waals surface area contributed by atoms with E-state index in [1.54, 1.807) is 42.5 Å². The summed E-state index contributed by atoms with van der Waals surface area (Å²) in [5, 5.41) is 9.76. The van der Waals surface area contributed by atoms with Crippen LogP contribution < -0.4 is 4.74 Å². The Morgan fingerprint density at radius 1 is 1.00 bits per heavy atom. The molecule has 88 valence electrons. The second-order valence-electron chi connectivity index (χ2n) is 3.46. The predicted octanol–water partition coefficient (Wildman–Crippen LogP) is 4.28. The zero-order valence-corrected chi connectivity index (χ0v) is 10.4. The highest BCUT2D eigenvalue weighted by atomic mass is 35.5. The van der Waals surface area contributed by atoms with Crippen LogP contribution in [0.1, 0.15) is 5.56 Å². The molecule has 17 heavy (non-hydrogen) atoms. The number of benzene rings is 2. The van der Waals surface area contributed by atoms with Crippen LogP contribution >= 0.6 is 23.2 Å². The lowest BCUT2D eigenvalue weighted by Crippen LogP contribution is -1.87. The van der Waals surface area contributed by atoms with Gasteiger partial charge in [-0.25, -0.2) is 0 Å². The molecule has 2 aromatic rings. The Morgan fingerprint density at radius 2 is 1.71 bits per heavy atom. The fourth-order valence-electron chi connectivity index (χ4n) is 1.35. The van der Waals surface area contributed by atoms with Crippen LogP contribution in [0.5, 0.6) is 11.5 Å². The predicted molar refractivity (Wildman–Crippen MR) is 68.9 cm³/mol. The first kappa shape index (κ1) is 12.2. The minimum absolute atomic E-state index is 0.0121. The van der Waals surface area contributed by atoms with Gasteiger partial charge in [0.25, 0.3) is 0 Å². The average Bonchev–Trinajstić information content (AvgIpc) is 2.36. The topological polar surface area (TPSA) is 29.5 Å². The van der Waals surface area contributed by atoms with Gasteiger partial charge in [-0.1, -0.05) is 41.4 Å². The van der Waals surface area contributed by atoms with Crippen molar-refractivity contribution in [1.29, 1.82) is 0 Å². The van der Waals surface area contributed by atoms with Gasteiger partial charge in [0.15, 0.2) is 0 Å². The van der Waals surface area contributed by atoms with Crippen LogP contribution in [-0.2, 0) is 6.61 Å². The van der Waals surface area contributed by atoms with Gasteiger partial charge in [-0.3, -0.25) is 0 Å². The van der Waals surface area contributed by atoms with Gasteiger partial charge in [-0.2, -0.15) is 0 Å². The summed E-state index contributed by atoms with van der Waals surface area (Å²) in [4.78, 5) is 0. The Morgan fingerprint density at radius 3 is 2.35 bits per heavy atom. The van der Waals surface area contributed by atoms with Crippen LogP contribution in [0, 0.1) is 0 Å². The van der Waals surface area contributed by atoms with E-state index in [4.69, 9.17) is 33.0 Å². The summed E-state index contributed by atoms with van der Waals surface area (Å²) in [6.45, 7) is 0.0121. The molecule has 0 aliphatic rings. The first-order valence-electron chi connectivity index (χ1n) is 5.02. The van der Waals surface area contributed by atoms with Crippen LogP contribution in [0.4, 0.5) is 0 Å². The van der Waals surface area contributed by atoms with Crippen molar-refractivity contribution in [2.24, 2.45) is 0 Å². The SMILES string of the molecule is OCc1ccc(Oc2cccc(Cl)c2Cl)cc1. The van der Waals surface area contributed by atoms with Crippen molar-refractivity contribution < 1.29 is 9.84 Å². The summed E-state index contributed by atoms with van der Waals surface area (Å²) < 4.78 is 5.59. The standard InChI is InChI=1S/C13H10Cl2O2/c14-11-2-1-3-12(13(11)15)17-10-6-4-9(8-16)5-7-10/h1-7,16H,8H2. The second kappa shape index (κ2) is 5.41. The Hall–Kier alpha value is -1.22. The lowest BCUT2D eigenvalue weighted by molar-refractivity contribution is 0.281. The Bertz CT molecular complexity index is 509. The molecule has 0 saturated carbocycles. The Balaban J connectivity index is 2.22.